The maximum atomic E-state index is 11.7. The van der Waals surface area contributed by atoms with Crippen LogP contribution in [0.2, 0.25) is 0 Å². The first-order valence-corrected chi connectivity index (χ1v) is 5.88. The Morgan fingerprint density at radius 1 is 1.20 bits per heavy atom. The molecule has 1 aromatic heterocycles. The lowest BCUT2D eigenvalue weighted by Gasteiger charge is -2.10. The van der Waals surface area contributed by atoms with Crippen molar-refractivity contribution in [1.29, 1.82) is 0 Å². The maximum Gasteiger partial charge on any atom is 0.426 e. The zero-order valence-corrected chi connectivity index (χ0v) is 11.8. The molecule has 0 bridgehead atoms. The van der Waals surface area contributed by atoms with Gasteiger partial charge < -0.3 is 15.2 Å². The number of carbonyl (C=O) groups excluding carboxylic acids is 3. The van der Waals surface area contributed by atoms with Gasteiger partial charge in [-0.3, -0.25) is 9.47 Å². The lowest BCUT2D eigenvalue weighted by Crippen LogP contribution is -2.26. The number of hydrogen-bond acceptors (Lipinski definition) is 5. The fourth-order valence-corrected chi connectivity index (χ4v) is 1.91. The lowest BCUT2D eigenvalue weighted by atomic mass is 10.1. The van der Waals surface area contributed by atoms with E-state index in [2.05, 4.69) is 10.2 Å². The summed E-state index contributed by atoms with van der Waals surface area (Å²) in [6, 6.07) is 0. The molecule has 0 radical (unpaired) electrons. The summed E-state index contributed by atoms with van der Waals surface area (Å²) in [5.74, 6) is -1.49. The average Bonchev–Trinajstić information content (AvgIpc) is 2.62. The molecule has 0 fully saturated rings. The minimum atomic E-state index is -0.782. The molecular weight excluding hydrogens is 266 g/mol. The van der Waals surface area contributed by atoms with Crippen LogP contribution in [0.1, 0.15) is 39.0 Å². The first kappa shape index (κ1) is 15.5. The number of ether oxygens (including phenoxy) is 2. The zero-order valence-electron chi connectivity index (χ0n) is 11.8. The van der Waals surface area contributed by atoms with Gasteiger partial charge in [0.25, 0.3) is 5.91 Å². The van der Waals surface area contributed by atoms with Crippen LogP contribution in [0.4, 0.5) is 4.79 Å². The Morgan fingerprint density at radius 2 is 1.75 bits per heavy atom. The standard InChI is InChI=1S/C12H17N3O5/c1-5-20-12(18)14-15-6(2)8(10(13)16)9(7(15)3)11(17)19-4/h5H2,1-4H3,(H2,13,16)(H,14,18). The normalized spacial score (nSPS) is 10.0. The number of amides is 2. The summed E-state index contributed by atoms with van der Waals surface area (Å²) < 4.78 is 10.6. The summed E-state index contributed by atoms with van der Waals surface area (Å²) in [4.78, 5) is 34.7. The Morgan fingerprint density at radius 3 is 2.20 bits per heavy atom. The van der Waals surface area contributed by atoms with E-state index in [0.717, 1.165) is 0 Å². The minimum absolute atomic E-state index is 0.00569. The van der Waals surface area contributed by atoms with Crippen molar-refractivity contribution in [3.63, 3.8) is 0 Å². The lowest BCUT2D eigenvalue weighted by molar-refractivity contribution is 0.0596. The molecule has 1 aromatic rings. The molecule has 2 amide bonds. The number of aromatic nitrogens is 1. The number of nitrogens with one attached hydrogen (secondary N) is 1. The molecule has 20 heavy (non-hydrogen) atoms. The van der Waals surface area contributed by atoms with Gasteiger partial charge in [0.2, 0.25) is 0 Å². The molecule has 110 valence electrons. The van der Waals surface area contributed by atoms with Gasteiger partial charge >= 0.3 is 12.1 Å². The van der Waals surface area contributed by atoms with Crippen LogP contribution in [0.25, 0.3) is 0 Å². The van der Waals surface area contributed by atoms with Crippen LogP contribution >= 0.6 is 0 Å². The molecule has 0 aliphatic rings. The molecule has 3 N–H and O–H groups in total. The van der Waals surface area contributed by atoms with E-state index in [0.29, 0.717) is 11.4 Å². The molecule has 8 heteroatoms. The van der Waals surface area contributed by atoms with Gasteiger partial charge in [0.05, 0.1) is 36.2 Å². The van der Waals surface area contributed by atoms with E-state index < -0.39 is 18.0 Å². The minimum Gasteiger partial charge on any atom is -0.465 e. The predicted octanol–water partition coefficient (Wildman–Crippen LogP) is 0.690. The molecule has 1 heterocycles. The van der Waals surface area contributed by atoms with Crippen molar-refractivity contribution in [3.8, 4) is 0 Å². The van der Waals surface area contributed by atoms with Crippen LogP contribution in [0.5, 0.6) is 0 Å². The van der Waals surface area contributed by atoms with Crippen molar-refractivity contribution in [3.05, 3.63) is 22.5 Å². The molecule has 0 aromatic carbocycles. The quantitative estimate of drug-likeness (QED) is 0.789. The topological polar surface area (TPSA) is 113 Å². The van der Waals surface area contributed by atoms with Crippen molar-refractivity contribution in [2.24, 2.45) is 5.73 Å². The third kappa shape index (κ3) is 2.73. The summed E-state index contributed by atoms with van der Waals surface area (Å²) in [5, 5.41) is 0. The van der Waals surface area contributed by atoms with Crippen molar-refractivity contribution in [2.75, 3.05) is 19.1 Å². The predicted molar refractivity (Wildman–Crippen MR) is 70.1 cm³/mol. The van der Waals surface area contributed by atoms with Crippen LogP contribution in [-0.2, 0) is 9.47 Å². The third-order valence-electron chi connectivity index (χ3n) is 2.76. The molecule has 1 rings (SSSR count). The summed E-state index contributed by atoms with van der Waals surface area (Å²) in [6.07, 6.45) is -0.707. The Hall–Kier alpha value is -2.51. The van der Waals surface area contributed by atoms with Gasteiger partial charge in [0.1, 0.15) is 0 Å². The van der Waals surface area contributed by atoms with E-state index in [1.54, 1.807) is 20.8 Å². The SMILES string of the molecule is CCOC(=O)Nn1c(C)c(C(N)=O)c(C(=O)OC)c1C. The summed E-state index contributed by atoms with van der Waals surface area (Å²) in [7, 11) is 1.19. The maximum absolute atomic E-state index is 11.7. The highest BCUT2D eigenvalue weighted by molar-refractivity contribution is 6.07. The number of primary amides is 1. The number of hydrogen-bond donors (Lipinski definition) is 2. The molecule has 0 saturated carbocycles. The van der Waals surface area contributed by atoms with Crippen LogP contribution in [0, 0.1) is 13.8 Å². The van der Waals surface area contributed by atoms with E-state index in [4.69, 9.17) is 10.5 Å². The van der Waals surface area contributed by atoms with Crippen molar-refractivity contribution in [1.82, 2.24) is 4.68 Å². The second kappa shape index (κ2) is 6.09. The fourth-order valence-electron chi connectivity index (χ4n) is 1.91. The second-order valence-electron chi connectivity index (χ2n) is 3.94. The van der Waals surface area contributed by atoms with Gasteiger partial charge in [-0.25, -0.2) is 15.0 Å². The monoisotopic (exact) mass is 283 g/mol. The van der Waals surface area contributed by atoms with Crippen LogP contribution in [0.15, 0.2) is 0 Å². The van der Waals surface area contributed by atoms with Crippen LogP contribution in [-0.4, -0.2) is 36.4 Å². The van der Waals surface area contributed by atoms with Gasteiger partial charge in [-0.2, -0.15) is 0 Å². The van der Waals surface area contributed by atoms with Crippen LogP contribution < -0.4 is 11.2 Å². The Labute approximate surface area is 115 Å². The number of carbonyl (C=O) groups is 3. The number of rotatable bonds is 4. The van der Waals surface area contributed by atoms with Crippen LogP contribution in [0.3, 0.4) is 0 Å². The van der Waals surface area contributed by atoms with Gasteiger partial charge in [-0.1, -0.05) is 0 Å². The molecule has 0 spiro atoms. The number of esters is 1. The first-order chi connectivity index (χ1) is 9.34. The molecule has 0 aliphatic carbocycles. The van der Waals surface area contributed by atoms with Gasteiger partial charge in [-0.05, 0) is 20.8 Å². The van der Waals surface area contributed by atoms with Crippen molar-refractivity contribution < 1.29 is 23.9 Å². The van der Waals surface area contributed by atoms with Crippen molar-refractivity contribution in [2.45, 2.75) is 20.8 Å². The average molecular weight is 283 g/mol. The van der Waals surface area contributed by atoms with Gasteiger partial charge in [0.15, 0.2) is 0 Å². The molecule has 0 atom stereocenters. The first-order valence-electron chi connectivity index (χ1n) is 5.88. The number of methoxy groups -OCH3 is 1. The van der Waals surface area contributed by atoms with Gasteiger partial charge in [-0.15, -0.1) is 0 Å². The molecule has 8 nitrogen and oxygen atoms in total. The zero-order chi connectivity index (χ0) is 15.4. The molecule has 0 saturated heterocycles. The molecule has 0 unspecified atom stereocenters. The van der Waals surface area contributed by atoms with Gasteiger partial charge in [0, 0.05) is 0 Å². The highest BCUT2D eigenvalue weighted by Gasteiger charge is 2.27. The van der Waals surface area contributed by atoms with E-state index >= 15 is 0 Å². The summed E-state index contributed by atoms with van der Waals surface area (Å²) in [5.41, 5.74) is 8.37. The smallest absolute Gasteiger partial charge is 0.426 e. The van der Waals surface area contributed by atoms with E-state index in [9.17, 15) is 14.4 Å². The van der Waals surface area contributed by atoms with E-state index in [1.807, 2.05) is 0 Å². The summed E-state index contributed by atoms with van der Waals surface area (Å²) in [6.45, 7) is 4.95. The number of nitrogens with two attached hydrogens (primary N) is 1. The number of nitrogens with zero attached hydrogens (tertiary/aromatic N) is 1. The Balaban J connectivity index is 3.37. The highest BCUT2D eigenvalue weighted by atomic mass is 16.6. The fraction of sp³-hybridized carbons (Fsp3) is 0.417. The molecular formula is C12H17N3O5. The Bertz CT molecular complexity index is 562. The Kier molecular flexibility index (Phi) is 4.73. The third-order valence-corrected chi connectivity index (χ3v) is 2.76. The summed E-state index contributed by atoms with van der Waals surface area (Å²) >= 11 is 0. The highest BCUT2D eigenvalue weighted by Crippen LogP contribution is 2.22. The van der Waals surface area contributed by atoms with E-state index in [-0.39, 0.29) is 17.7 Å². The largest absolute Gasteiger partial charge is 0.465 e. The molecule has 0 aliphatic heterocycles. The second-order valence-corrected chi connectivity index (χ2v) is 3.94. The van der Waals surface area contributed by atoms with E-state index in [1.165, 1.54) is 11.8 Å². The van der Waals surface area contributed by atoms with Crippen molar-refractivity contribution >= 4 is 18.0 Å².